The van der Waals surface area contributed by atoms with Gasteiger partial charge in [0.05, 0.1) is 20.3 Å². The van der Waals surface area contributed by atoms with E-state index in [0.29, 0.717) is 35.4 Å². The minimum Gasteiger partial charge on any atom is -0.493 e. The van der Waals surface area contributed by atoms with Crippen LogP contribution in [0.25, 0.3) is 11.3 Å². The van der Waals surface area contributed by atoms with Gasteiger partial charge < -0.3 is 23.9 Å². The highest BCUT2D eigenvalue weighted by Crippen LogP contribution is 2.38. The summed E-state index contributed by atoms with van der Waals surface area (Å²) in [6.45, 7) is 1.17. The summed E-state index contributed by atoms with van der Waals surface area (Å²) in [7, 11) is 1.51. The highest BCUT2D eigenvalue weighted by molar-refractivity contribution is 7.98. The van der Waals surface area contributed by atoms with Crippen LogP contribution in [0, 0.1) is 11.3 Å². The Morgan fingerprint density at radius 3 is 2.85 bits per heavy atom. The summed E-state index contributed by atoms with van der Waals surface area (Å²) in [5, 5.41) is 9.82. The van der Waals surface area contributed by atoms with Gasteiger partial charge in [-0.15, -0.1) is 0 Å². The topological polar surface area (TPSA) is 106 Å². The lowest BCUT2D eigenvalue weighted by atomic mass is 10.1. The van der Waals surface area contributed by atoms with Crippen LogP contribution in [0.1, 0.15) is 5.56 Å². The normalized spacial score (nSPS) is 14.2. The monoisotopic (exact) mass is 375 g/mol. The number of ether oxygens (including phenoxy) is 4. The van der Waals surface area contributed by atoms with Crippen LogP contribution >= 0.6 is 11.8 Å². The molecule has 2 aromatic rings. The molecule has 0 atom stereocenters. The van der Waals surface area contributed by atoms with Crippen molar-refractivity contribution in [2.45, 2.75) is 11.4 Å². The number of aromatic amines is 1. The number of hydrogen-bond acceptors (Lipinski definition) is 8. The smallest absolute Gasteiger partial charge is 0.270 e. The molecule has 9 heteroatoms. The zero-order valence-corrected chi connectivity index (χ0v) is 15.1. The molecule has 0 radical (unpaired) electrons. The summed E-state index contributed by atoms with van der Waals surface area (Å²) in [6.07, 6.45) is 1.31. The van der Waals surface area contributed by atoms with E-state index in [4.69, 9.17) is 18.9 Å². The lowest BCUT2D eigenvalue weighted by Crippen LogP contribution is -2.19. The van der Waals surface area contributed by atoms with Crippen molar-refractivity contribution in [3.63, 3.8) is 0 Å². The van der Waals surface area contributed by atoms with Gasteiger partial charge in [0.1, 0.15) is 23.9 Å². The number of aromatic nitrogens is 2. The van der Waals surface area contributed by atoms with Crippen molar-refractivity contribution in [3.05, 3.63) is 34.1 Å². The molecular weight excluding hydrogens is 358 g/mol. The predicted octanol–water partition coefficient (Wildman–Crippen LogP) is 1.79. The summed E-state index contributed by atoms with van der Waals surface area (Å²) in [5.41, 5.74) is 0.135. The first-order valence-corrected chi connectivity index (χ1v) is 9.02. The SMILES string of the molecule is COc1cccc(-c2nc(SC)[nH]c(=O)c2C#N)c1OCC1OCCO1. The van der Waals surface area contributed by atoms with E-state index in [0.717, 1.165) is 0 Å². The predicted molar refractivity (Wildman–Crippen MR) is 94.5 cm³/mol. The first-order chi connectivity index (χ1) is 12.7. The summed E-state index contributed by atoms with van der Waals surface area (Å²) >= 11 is 1.27. The fraction of sp³-hybridized carbons (Fsp3) is 0.353. The van der Waals surface area contributed by atoms with E-state index in [9.17, 15) is 10.1 Å². The molecule has 1 aromatic carbocycles. The van der Waals surface area contributed by atoms with Crippen molar-refractivity contribution in [2.75, 3.05) is 33.2 Å². The maximum absolute atomic E-state index is 12.2. The second-order valence-electron chi connectivity index (χ2n) is 5.23. The number of hydrogen-bond donors (Lipinski definition) is 1. The zero-order valence-electron chi connectivity index (χ0n) is 14.3. The van der Waals surface area contributed by atoms with E-state index in [2.05, 4.69) is 9.97 Å². The summed E-state index contributed by atoms with van der Waals surface area (Å²) in [4.78, 5) is 19.2. The first kappa shape index (κ1) is 18.3. The number of rotatable bonds is 6. The van der Waals surface area contributed by atoms with E-state index >= 15 is 0 Å². The molecule has 1 aliphatic rings. The summed E-state index contributed by atoms with van der Waals surface area (Å²) in [5.74, 6) is 0.827. The van der Waals surface area contributed by atoms with Crippen LogP contribution in [0.2, 0.25) is 0 Å². The lowest BCUT2D eigenvalue weighted by Gasteiger charge is -2.17. The van der Waals surface area contributed by atoms with Crippen LogP contribution in [0.4, 0.5) is 0 Å². The Hall–Kier alpha value is -2.54. The van der Waals surface area contributed by atoms with Crippen molar-refractivity contribution >= 4 is 11.8 Å². The number of methoxy groups -OCH3 is 1. The first-order valence-electron chi connectivity index (χ1n) is 7.79. The van der Waals surface area contributed by atoms with Crippen LogP contribution < -0.4 is 15.0 Å². The molecule has 1 fully saturated rings. The number of H-pyrrole nitrogens is 1. The number of para-hydroxylation sites is 1. The maximum atomic E-state index is 12.2. The molecule has 1 aliphatic heterocycles. The molecule has 136 valence electrons. The molecule has 0 bridgehead atoms. The van der Waals surface area contributed by atoms with E-state index in [1.54, 1.807) is 24.5 Å². The second-order valence-corrected chi connectivity index (χ2v) is 6.02. The minimum absolute atomic E-state index is 0.0886. The molecule has 1 saturated heterocycles. The largest absolute Gasteiger partial charge is 0.493 e. The lowest BCUT2D eigenvalue weighted by molar-refractivity contribution is -0.0686. The Labute approximate surface area is 154 Å². The van der Waals surface area contributed by atoms with Crippen molar-refractivity contribution in [2.24, 2.45) is 0 Å². The molecular formula is C17H17N3O5S. The number of nitriles is 1. The van der Waals surface area contributed by atoms with Gasteiger partial charge in [-0.3, -0.25) is 4.79 Å². The molecule has 0 amide bonds. The van der Waals surface area contributed by atoms with Crippen LogP contribution in [0.5, 0.6) is 11.5 Å². The van der Waals surface area contributed by atoms with Crippen LogP contribution in [-0.2, 0) is 9.47 Å². The van der Waals surface area contributed by atoms with Crippen molar-refractivity contribution in [1.82, 2.24) is 9.97 Å². The van der Waals surface area contributed by atoms with E-state index in [1.807, 2.05) is 6.07 Å². The average molecular weight is 375 g/mol. The molecule has 8 nitrogen and oxygen atoms in total. The third-order valence-electron chi connectivity index (χ3n) is 3.71. The van der Waals surface area contributed by atoms with Crippen LogP contribution in [0.3, 0.4) is 0 Å². The van der Waals surface area contributed by atoms with Crippen LogP contribution in [0.15, 0.2) is 28.2 Å². The zero-order chi connectivity index (χ0) is 18.5. The molecule has 3 rings (SSSR count). The third kappa shape index (κ3) is 3.67. The Bertz CT molecular complexity index is 887. The Morgan fingerprint density at radius 1 is 1.42 bits per heavy atom. The fourth-order valence-electron chi connectivity index (χ4n) is 2.51. The quantitative estimate of drug-likeness (QED) is 0.602. The Morgan fingerprint density at radius 2 is 2.19 bits per heavy atom. The summed E-state index contributed by atoms with van der Waals surface area (Å²) < 4.78 is 22.0. The van der Waals surface area contributed by atoms with Gasteiger partial charge >= 0.3 is 0 Å². The molecule has 0 saturated carbocycles. The maximum Gasteiger partial charge on any atom is 0.270 e. The van der Waals surface area contributed by atoms with Crippen molar-refractivity contribution in [3.8, 4) is 28.8 Å². The molecule has 1 aromatic heterocycles. The van der Waals surface area contributed by atoms with Gasteiger partial charge in [-0.2, -0.15) is 5.26 Å². The van der Waals surface area contributed by atoms with Gasteiger partial charge in [0, 0.05) is 5.56 Å². The molecule has 2 heterocycles. The Balaban J connectivity index is 2.08. The molecule has 0 unspecified atom stereocenters. The molecule has 0 aliphatic carbocycles. The van der Waals surface area contributed by atoms with Gasteiger partial charge in [0.15, 0.2) is 22.9 Å². The highest BCUT2D eigenvalue weighted by Gasteiger charge is 2.22. The average Bonchev–Trinajstić information content (AvgIpc) is 3.18. The standard InChI is InChI=1S/C17H17N3O5S/c1-22-12-5-3-4-10(15(12)25-9-13-23-6-7-24-13)14-11(8-18)16(21)20-17(19-14)26-2/h3-5,13H,6-7,9H2,1-2H3,(H,19,20,21). The van der Waals surface area contributed by atoms with Crippen LogP contribution in [-0.4, -0.2) is 49.4 Å². The van der Waals surface area contributed by atoms with Crippen molar-refractivity contribution in [1.29, 1.82) is 5.26 Å². The van der Waals surface area contributed by atoms with Crippen molar-refractivity contribution < 1.29 is 18.9 Å². The van der Waals surface area contributed by atoms with Gasteiger partial charge in [0.2, 0.25) is 0 Å². The molecule has 0 spiro atoms. The van der Waals surface area contributed by atoms with E-state index in [-0.39, 0.29) is 17.9 Å². The number of thioether (sulfide) groups is 1. The number of benzene rings is 1. The molecule has 26 heavy (non-hydrogen) atoms. The van der Waals surface area contributed by atoms with E-state index < -0.39 is 11.8 Å². The second kappa shape index (κ2) is 8.23. The Kier molecular flexibility index (Phi) is 5.78. The number of nitrogens with one attached hydrogen (secondary N) is 1. The van der Waals surface area contributed by atoms with Gasteiger partial charge in [-0.1, -0.05) is 17.8 Å². The summed E-state index contributed by atoms with van der Waals surface area (Å²) in [6, 6.07) is 7.11. The highest BCUT2D eigenvalue weighted by atomic mass is 32.2. The fourth-order valence-corrected chi connectivity index (χ4v) is 2.89. The van der Waals surface area contributed by atoms with Gasteiger partial charge in [-0.05, 0) is 18.4 Å². The minimum atomic E-state index is -0.502. The third-order valence-corrected chi connectivity index (χ3v) is 4.29. The number of nitrogens with zero attached hydrogens (tertiary/aromatic N) is 2. The van der Waals surface area contributed by atoms with E-state index in [1.165, 1.54) is 18.9 Å². The van der Waals surface area contributed by atoms with Gasteiger partial charge in [0.25, 0.3) is 5.56 Å². The molecule has 1 N–H and O–H groups in total. The van der Waals surface area contributed by atoms with Gasteiger partial charge in [-0.25, -0.2) is 4.98 Å².